The number of rotatable bonds is 4. The van der Waals surface area contributed by atoms with Crippen molar-refractivity contribution in [1.29, 1.82) is 0 Å². The first-order chi connectivity index (χ1) is 23.6. The van der Waals surface area contributed by atoms with Gasteiger partial charge in [-0.2, -0.15) is 8.78 Å². The number of nitrogens with zero attached hydrogens (tertiary/aromatic N) is 3. The smallest absolute Gasteiger partial charge is 0.408 e. The van der Waals surface area contributed by atoms with Crippen molar-refractivity contribution in [3.63, 3.8) is 0 Å². The molecule has 2 unspecified atom stereocenters. The van der Waals surface area contributed by atoms with Crippen LogP contribution in [0.4, 0.5) is 13.6 Å². The van der Waals surface area contributed by atoms with Gasteiger partial charge in [-0.3, -0.25) is 9.59 Å². The van der Waals surface area contributed by atoms with Gasteiger partial charge in [0.1, 0.15) is 24.0 Å². The number of halogens is 2. The zero-order valence-corrected chi connectivity index (χ0v) is 28.7. The molecule has 49 heavy (non-hydrogen) atoms. The number of benzene rings is 1. The van der Waals surface area contributed by atoms with E-state index in [2.05, 4.69) is 15.3 Å². The lowest BCUT2D eigenvalue weighted by Crippen LogP contribution is -2.55. The molecule has 1 aromatic heterocycles. The van der Waals surface area contributed by atoms with Crippen LogP contribution in [0, 0.1) is 29.6 Å². The summed E-state index contributed by atoms with van der Waals surface area (Å²) in [6.45, 7) is 3.32. The first-order valence-electron chi connectivity index (χ1n) is 18.3. The molecule has 3 saturated carbocycles. The number of methoxy groups -OCH3 is 1. The van der Waals surface area contributed by atoms with Crippen molar-refractivity contribution in [1.82, 2.24) is 20.2 Å². The highest BCUT2D eigenvalue weighted by molar-refractivity contribution is 5.92. The maximum atomic E-state index is 16.2. The van der Waals surface area contributed by atoms with Crippen LogP contribution in [0.3, 0.4) is 0 Å². The Balaban J connectivity index is 1.29. The normalized spacial score (nSPS) is 33.6. The maximum absolute atomic E-state index is 16.2. The van der Waals surface area contributed by atoms with Crippen molar-refractivity contribution in [2.75, 3.05) is 13.7 Å². The van der Waals surface area contributed by atoms with Crippen molar-refractivity contribution in [2.24, 2.45) is 29.6 Å². The SMILES string of the molecule is CC[C@@H]1[C@@H]2CN(C(=O)[C@H](C3CCCCC3)NC(=O)O[C@@H]3CC4CC4[C@H]3CCCCC(F)(F)c3nc4ccc(OC)cc4nc3O2)[C@@H]1C(C)=O. The van der Waals surface area contributed by atoms with Crippen molar-refractivity contribution in [3.05, 3.63) is 23.9 Å². The summed E-state index contributed by atoms with van der Waals surface area (Å²) in [6, 6.07) is 3.16. The number of ether oxygens (including phenoxy) is 3. The number of aromatic nitrogens is 2. The van der Waals surface area contributed by atoms with E-state index in [9.17, 15) is 14.4 Å². The van der Waals surface area contributed by atoms with Gasteiger partial charge in [-0.1, -0.05) is 32.6 Å². The van der Waals surface area contributed by atoms with E-state index in [1.807, 2.05) is 6.92 Å². The van der Waals surface area contributed by atoms with Gasteiger partial charge in [0.15, 0.2) is 11.5 Å². The number of Topliss-reactive ketones (excluding diaryl/α,β-unsaturated/α-hetero) is 1. The summed E-state index contributed by atoms with van der Waals surface area (Å²) < 4.78 is 50.3. The zero-order chi connectivity index (χ0) is 34.4. The maximum Gasteiger partial charge on any atom is 0.408 e. The molecule has 1 aromatic carbocycles. The highest BCUT2D eigenvalue weighted by Gasteiger charge is 2.55. The van der Waals surface area contributed by atoms with Gasteiger partial charge in [-0.15, -0.1) is 0 Å². The topological polar surface area (TPSA) is 120 Å². The number of hydrogen-bond acceptors (Lipinski definition) is 8. The summed E-state index contributed by atoms with van der Waals surface area (Å²) in [5.74, 6) is -3.30. The molecule has 3 aliphatic carbocycles. The third-order valence-corrected chi connectivity index (χ3v) is 12.0. The molecule has 1 saturated heterocycles. The summed E-state index contributed by atoms with van der Waals surface area (Å²) in [4.78, 5) is 51.9. The van der Waals surface area contributed by atoms with Crippen LogP contribution in [0.15, 0.2) is 18.2 Å². The Labute approximate surface area is 286 Å². The first kappa shape index (κ1) is 33.9. The average Bonchev–Trinajstić information content (AvgIpc) is 3.62. The van der Waals surface area contributed by atoms with Gasteiger partial charge in [-0.05, 0) is 87.7 Å². The average molecular weight is 683 g/mol. The van der Waals surface area contributed by atoms with E-state index in [1.165, 1.54) is 18.9 Å². The summed E-state index contributed by atoms with van der Waals surface area (Å²) in [7, 11) is 1.51. The molecule has 1 N–H and O–H groups in total. The minimum atomic E-state index is -3.35. The summed E-state index contributed by atoms with van der Waals surface area (Å²) in [5, 5.41) is 2.98. The van der Waals surface area contributed by atoms with Gasteiger partial charge in [0.05, 0.1) is 30.7 Å². The van der Waals surface area contributed by atoms with Crippen LogP contribution in [-0.4, -0.2) is 70.6 Å². The third-order valence-electron chi connectivity index (χ3n) is 12.0. The zero-order valence-electron chi connectivity index (χ0n) is 28.7. The molecule has 0 spiro atoms. The van der Waals surface area contributed by atoms with E-state index < -0.39 is 48.2 Å². The Kier molecular flexibility index (Phi) is 9.43. The van der Waals surface area contributed by atoms with E-state index in [4.69, 9.17) is 14.2 Å². The Hall–Kier alpha value is -3.57. The van der Waals surface area contributed by atoms with Gasteiger partial charge >= 0.3 is 6.09 Å². The minimum Gasteiger partial charge on any atom is -0.497 e. The predicted molar refractivity (Wildman–Crippen MR) is 176 cm³/mol. The molecule has 0 radical (unpaired) electrons. The molecule has 2 aliphatic heterocycles. The molecule has 8 atom stereocenters. The van der Waals surface area contributed by atoms with Crippen molar-refractivity contribution < 1.29 is 37.4 Å². The van der Waals surface area contributed by atoms with Crippen LogP contribution in [0.2, 0.25) is 0 Å². The van der Waals surface area contributed by atoms with Crippen LogP contribution < -0.4 is 14.8 Å². The fourth-order valence-electron chi connectivity index (χ4n) is 9.37. The second-order valence-corrected chi connectivity index (χ2v) is 15.0. The fourth-order valence-corrected chi connectivity index (χ4v) is 9.37. The first-order valence-corrected chi connectivity index (χ1v) is 18.3. The largest absolute Gasteiger partial charge is 0.497 e. The van der Waals surface area contributed by atoms with Crippen LogP contribution in [0.25, 0.3) is 11.0 Å². The number of ketones is 1. The molecular weight excluding hydrogens is 634 g/mol. The van der Waals surface area contributed by atoms with Crippen LogP contribution in [-0.2, 0) is 20.2 Å². The van der Waals surface area contributed by atoms with Crippen LogP contribution in [0.1, 0.15) is 96.6 Å². The van der Waals surface area contributed by atoms with Crippen molar-refractivity contribution in [2.45, 2.75) is 121 Å². The Bertz CT molecular complexity index is 1580. The predicted octanol–water partition coefficient (Wildman–Crippen LogP) is 6.58. The quantitative estimate of drug-likeness (QED) is 0.384. The highest BCUT2D eigenvalue weighted by Crippen LogP contribution is 2.58. The monoisotopic (exact) mass is 682 g/mol. The summed E-state index contributed by atoms with van der Waals surface area (Å²) >= 11 is 0. The van der Waals surface area contributed by atoms with Gasteiger partial charge in [0.2, 0.25) is 11.8 Å². The van der Waals surface area contributed by atoms with Crippen LogP contribution in [0.5, 0.6) is 11.6 Å². The number of carbonyl (C=O) groups excluding carboxylic acids is 3. The Morgan fingerprint density at radius 3 is 2.49 bits per heavy atom. The van der Waals surface area contributed by atoms with Gasteiger partial charge in [-0.25, -0.2) is 14.8 Å². The van der Waals surface area contributed by atoms with Gasteiger partial charge < -0.3 is 24.4 Å². The number of alkyl halides is 2. The van der Waals surface area contributed by atoms with Crippen molar-refractivity contribution >= 4 is 28.8 Å². The van der Waals surface area contributed by atoms with Gasteiger partial charge in [0, 0.05) is 18.4 Å². The fraction of sp³-hybridized carbons (Fsp3) is 0.703. The lowest BCUT2D eigenvalue weighted by atomic mass is 9.83. The molecule has 4 fully saturated rings. The molecule has 2 amide bonds. The van der Waals surface area contributed by atoms with E-state index in [0.717, 1.165) is 44.9 Å². The van der Waals surface area contributed by atoms with Gasteiger partial charge in [0.25, 0.3) is 5.92 Å². The molecule has 266 valence electrons. The van der Waals surface area contributed by atoms with E-state index in [1.54, 1.807) is 18.2 Å². The summed E-state index contributed by atoms with van der Waals surface area (Å²) in [6.07, 6.45) is 6.11. The molecule has 3 heterocycles. The highest BCUT2D eigenvalue weighted by atomic mass is 19.3. The molecule has 2 aromatic rings. The molecule has 10 nitrogen and oxygen atoms in total. The van der Waals surface area contributed by atoms with Crippen molar-refractivity contribution in [3.8, 4) is 11.6 Å². The van der Waals surface area contributed by atoms with Crippen LogP contribution >= 0.6 is 0 Å². The number of carbonyl (C=O) groups is 3. The summed E-state index contributed by atoms with van der Waals surface area (Å²) in [5.41, 5.74) is 0.0880. The number of nitrogens with one attached hydrogen (secondary N) is 1. The standard InChI is InChI=1S/C37H48F2N4O6/c1-4-24-30-19-43(32(24)20(2)44)35(45)31(21-10-6-5-7-11-21)42-36(46)49-29-17-22-16-26(22)25(29)12-8-9-15-37(38,39)33-34(48-30)41-28-18-23(47-3)13-14-27(28)40-33/h13-14,18,21-22,24-26,29-32H,4-12,15-17,19H2,1-3H3,(H,42,46)/t22?,24-,25-,26?,29-,30+,31+,32-/m1/s1. The molecule has 7 rings (SSSR count). The second kappa shape index (κ2) is 13.6. The number of fused-ring (bicyclic) bond motifs is 7. The molecule has 2 bridgehead atoms. The lowest BCUT2D eigenvalue weighted by molar-refractivity contribution is -0.140. The molecule has 5 aliphatic rings. The minimum absolute atomic E-state index is 0.0154. The van der Waals surface area contributed by atoms with E-state index >= 15 is 8.78 Å². The number of amides is 2. The van der Waals surface area contributed by atoms with E-state index in [0.29, 0.717) is 47.9 Å². The number of alkyl carbamates (subject to hydrolysis) is 1. The molecule has 12 heteroatoms. The Morgan fingerprint density at radius 1 is 0.980 bits per heavy atom. The number of hydrogen-bond donors (Lipinski definition) is 1. The molecular formula is C37H48F2N4O6. The van der Waals surface area contributed by atoms with E-state index in [-0.39, 0.29) is 48.5 Å². The third kappa shape index (κ3) is 6.68. The second-order valence-electron chi connectivity index (χ2n) is 15.0. The Morgan fingerprint density at radius 2 is 1.76 bits per heavy atom. The lowest BCUT2D eigenvalue weighted by Gasteiger charge is -2.35.